The van der Waals surface area contributed by atoms with Crippen molar-refractivity contribution in [2.24, 2.45) is 16.1 Å². The summed E-state index contributed by atoms with van der Waals surface area (Å²) in [6.45, 7) is 3.65. The van der Waals surface area contributed by atoms with E-state index in [9.17, 15) is 10.1 Å². The number of piperidine rings is 1. The number of hydrogen-bond acceptors (Lipinski definition) is 8. The van der Waals surface area contributed by atoms with E-state index in [0.29, 0.717) is 23.1 Å². The van der Waals surface area contributed by atoms with Gasteiger partial charge in [0.1, 0.15) is 6.33 Å². The molecule has 2 aromatic carbocycles. The molecule has 1 atom stereocenters. The van der Waals surface area contributed by atoms with Crippen molar-refractivity contribution in [2.45, 2.75) is 19.8 Å². The number of hydrogen-bond donors (Lipinski definition) is 1. The monoisotopic (exact) mass is 417 g/mol. The molecule has 3 aromatic rings. The van der Waals surface area contributed by atoms with E-state index in [1.54, 1.807) is 24.3 Å². The normalized spacial score (nSPS) is 16.4. The van der Waals surface area contributed by atoms with Crippen molar-refractivity contribution >= 4 is 34.4 Å². The Morgan fingerprint density at radius 3 is 2.45 bits per heavy atom. The van der Waals surface area contributed by atoms with Crippen LogP contribution in [0.5, 0.6) is 0 Å². The Bertz CT molecular complexity index is 1070. The highest BCUT2D eigenvalue weighted by Crippen LogP contribution is 2.35. The van der Waals surface area contributed by atoms with E-state index in [4.69, 9.17) is 0 Å². The second-order valence-corrected chi connectivity index (χ2v) is 7.55. The Morgan fingerprint density at radius 1 is 1.06 bits per heavy atom. The lowest BCUT2D eigenvalue weighted by molar-refractivity contribution is -0.383. The van der Waals surface area contributed by atoms with Gasteiger partial charge in [-0.15, -0.1) is 0 Å². The van der Waals surface area contributed by atoms with Crippen LogP contribution in [0.2, 0.25) is 0 Å². The molecule has 1 unspecified atom stereocenters. The van der Waals surface area contributed by atoms with Crippen LogP contribution < -0.4 is 10.2 Å². The summed E-state index contributed by atoms with van der Waals surface area (Å²) >= 11 is 0. The molecule has 1 aliphatic rings. The van der Waals surface area contributed by atoms with E-state index >= 15 is 0 Å². The van der Waals surface area contributed by atoms with E-state index < -0.39 is 4.92 Å². The smallest absolute Gasteiger partial charge is 0.350 e. The molecule has 0 spiro atoms. The molecule has 158 valence electrons. The van der Waals surface area contributed by atoms with E-state index in [0.717, 1.165) is 31.6 Å². The standard InChI is InChI=1S/C22H23N7O2/c1-16-6-5-13-28(14-16)22-20(29(30)31)21(23-15-24-22)25-17-9-11-19(12-10-17)27-26-18-7-3-2-4-8-18/h2-4,7-12,15-16H,5-6,13-14H2,1H3,(H,23,24,25). The summed E-state index contributed by atoms with van der Waals surface area (Å²) in [6, 6.07) is 16.6. The van der Waals surface area contributed by atoms with Crippen molar-refractivity contribution in [1.29, 1.82) is 0 Å². The summed E-state index contributed by atoms with van der Waals surface area (Å²) in [7, 11) is 0. The molecule has 0 bridgehead atoms. The minimum atomic E-state index is -0.417. The van der Waals surface area contributed by atoms with Crippen molar-refractivity contribution in [1.82, 2.24) is 9.97 Å². The molecule has 1 aliphatic heterocycles. The number of benzene rings is 2. The lowest BCUT2D eigenvalue weighted by atomic mass is 10.0. The summed E-state index contributed by atoms with van der Waals surface area (Å²) in [4.78, 5) is 21.8. The first-order valence-corrected chi connectivity index (χ1v) is 10.2. The first kappa shape index (κ1) is 20.4. The minimum Gasteiger partial charge on any atom is -0.350 e. The third kappa shape index (κ3) is 5.00. The summed E-state index contributed by atoms with van der Waals surface area (Å²) < 4.78 is 0. The predicted octanol–water partition coefficient (Wildman–Crippen LogP) is 5.78. The van der Waals surface area contributed by atoms with Gasteiger partial charge in [0.05, 0.1) is 16.3 Å². The highest BCUT2D eigenvalue weighted by molar-refractivity contribution is 5.74. The van der Waals surface area contributed by atoms with Crippen LogP contribution in [0.15, 0.2) is 71.2 Å². The summed E-state index contributed by atoms with van der Waals surface area (Å²) in [5.74, 6) is 1.01. The summed E-state index contributed by atoms with van der Waals surface area (Å²) in [5, 5.41) is 23.3. The van der Waals surface area contributed by atoms with E-state index in [1.807, 2.05) is 35.2 Å². The fourth-order valence-electron chi connectivity index (χ4n) is 3.60. The molecule has 9 heteroatoms. The number of nitro groups is 1. The van der Waals surface area contributed by atoms with Gasteiger partial charge in [0.15, 0.2) is 0 Å². The Kier molecular flexibility index (Phi) is 6.11. The molecular weight excluding hydrogens is 394 g/mol. The molecule has 0 saturated carbocycles. The minimum absolute atomic E-state index is 0.107. The molecule has 9 nitrogen and oxygen atoms in total. The van der Waals surface area contributed by atoms with Gasteiger partial charge in [-0.1, -0.05) is 25.1 Å². The Labute approximate surface area is 180 Å². The summed E-state index contributed by atoms with van der Waals surface area (Å²) in [5.41, 5.74) is 2.00. The van der Waals surface area contributed by atoms with Gasteiger partial charge < -0.3 is 10.2 Å². The van der Waals surface area contributed by atoms with Gasteiger partial charge in [0.2, 0.25) is 11.6 Å². The molecule has 1 fully saturated rings. The van der Waals surface area contributed by atoms with E-state index in [2.05, 4.69) is 32.4 Å². The van der Waals surface area contributed by atoms with Crippen molar-refractivity contribution in [3.63, 3.8) is 0 Å². The van der Waals surface area contributed by atoms with Crippen molar-refractivity contribution in [2.75, 3.05) is 23.3 Å². The largest absolute Gasteiger partial charge is 0.353 e. The van der Waals surface area contributed by atoms with Crippen molar-refractivity contribution < 1.29 is 4.92 Å². The number of rotatable bonds is 6. The van der Waals surface area contributed by atoms with Crippen LogP contribution in [0, 0.1) is 16.0 Å². The number of nitrogens with zero attached hydrogens (tertiary/aromatic N) is 6. The van der Waals surface area contributed by atoms with Crippen molar-refractivity contribution in [3.8, 4) is 0 Å². The molecule has 0 radical (unpaired) electrons. The summed E-state index contributed by atoms with van der Waals surface area (Å²) in [6.07, 6.45) is 3.48. The molecule has 4 rings (SSSR count). The van der Waals surface area contributed by atoms with Crippen LogP contribution in [-0.4, -0.2) is 28.0 Å². The average molecular weight is 417 g/mol. The van der Waals surface area contributed by atoms with Crippen LogP contribution >= 0.6 is 0 Å². The third-order valence-electron chi connectivity index (χ3n) is 5.11. The van der Waals surface area contributed by atoms with Gasteiger partial charge in [-0.3, -0.25) is 10.1 Å². The fourth-order valence-corrected chi connectivity index (χ4v) is 3.60. The lowest BCUT2D eigenvalue weighted by Gasteiger charge is -2.31. The molecule has 31 heavy (non-hydrogen) atoms. The Balaban J connectivity index is 1.54. The van der Waals surface area contributed by atoms with Gasteiger partial charge >= 0.3 is 5.69 Å². The topological polar surface area (TPSA) is 109 Å². The SMILES string of the molecule is CC1CCCN(c2ncnc(Nc3ccc(N=Nc4ccccc4)cc3)c2[N+](=O)[O-])C1. The van der Waals surface area contributed by atoms with Gasteiger partial charge in [0.25, 0.3) is 0 Å². The fraction of sp³-hybridized carbons (Fsp3) is 0.273. The molecule has 1 saturated heterocycles. The second-order valence-electron chi connectivity index (χ2n) is 7.55. The number of azo groups is 1. The van der Waals surface area contributed by atoms with Gasteiger partial charge in [-0.2, -0.15) is 10.2 Å². The maximum atomic E-state index is 11.9. The Morgan fingerprint density at radius 2 is 1.77 bits per heavy atom. The predicted molar refractivity (Wildman–Crippen MR) is 120 cm³/mol. The van der Waals surface area contributed by atoms with Gasteiger partial charge in [-0.25, -0.2) is 9.97 Å². The molecule has 0 amide bonds. The number of anilines is 3. The highest BCUT2D eigenvalue weighted by atomic mass is 16.6. The zero-order valence-corrected chi connectivity index (χ0v) is 17.2. The second kappa shape index (κ2) is 9.29. The maximum absolute atomic E-state index is 11.9. The van der Waals surface area contributed by atoms with E-state index in [1.165, 1.54) is 6.33 Å². The zero-order valence-electron chi connectivity index (χ0n) is 17.2. The first-order valence-electron chi connectivity index (χ1n) is 10.2. The van der Waals surface area contributed by atoms with Crippen LogP contribution in [0.25, 0.3) is 0 Å². The Hall–Kier alpha value is -3.88. The number of nitrogens with one attached hydrogen (secondary N) is 1. The molecule has 2 heterocycles. The molecule has 1 N–H and O–H groups in total. The lowest BCUT2D eigenvalue weighted by Crippen LogP contribution is -2.35. The number of aromatic nitrogens is 2. The molecule has 0 aliphatic carbocycles. The van der Waals surface area contributed by atoms with Gasteiger partial charge in [-0.05, 0) is 55.2 Å². The van der Waals surface area contributed by atoms with Gasteiger partial charge in [0, 0.05) is 18.8 Å². The first-order chi connectivity index (χ1) is 15.1. The zero-order chi connectivity index (χ0) is 21.6. The maximum Gasteiger partial charge on any atom is 0.353 e. The molecular formula is C22H23N7O2. The van der Waals surface area contributed by atoms with Crippen LogP contribution in [0.4, 0.5) is 34.4 Å². The quantitative estimate of drug-likeness (QED) is 0.309. The van der Waals surface area contributed by atoms with Crippen molar-refractivity contribution in [3.05, 3.63) is 71.0 Å². The van der Waals surface area contributed by atoms with Crippen LogP contribution in [0.3, 0.4) is 0 Å². The van der Waals surface area contributed by atoms with Crippen LogP contribution in [-0.2, 0) is 0 Å². The van der Waals surface area contributed by atoms with Crippen LogP contribution in [0.1, 0.15) is 19.8 Å². The van der Waals surface area contributed by atoms with E-state index in [-0.39, 0.29) is 11.5 Å². The average Bonchev–Trinajstić information content (AvgIpc) is 2.79. The molecule has 1 aromatic heterocycles. The third-order valence-corrected chi connectivity index (χ3v) is 5.11. The highest BCUT2D eigenvalue weighted by Gasteiger charge is 2.29.